The third-order valence-corrected chi connectivity index (χ3v) is 5.15. The van der Waals surface area contributed by atoms with E-state index in [-0.39, 0.29) is 23.3 Å². The minimum atomic E-state index is -0.612. The molecule has 0 radical (unpaired) electrons. The molecule has 2 aliphatic heterocycles. The van der Waals surface area contributed by atoms with E-state index in [9.17, 15) is 9.59 Å². The second-order valence-corrected chi connectivity index (χ2v) is 8.59. The summed E-state index contributed by atoms with van der Waals surface area (Å²) < 4.78 is 7.26. The van der Waals surface area contributed by atoms with Crippen LogP contribution in [0.5, 0.6) is 0 Å². The Balaban J connectivity index is 1.55. The van der Waals surface area contributed by atoms with Gasteiger partial charge in [0.25, 0.3) is 5.91 Å². The van der Waals surface area contributed by atoms with Crippen LogP contribution in [0.15, 0.2) is 18.6 Å². The van der Waals surface area contributed by atoms with E-state index >= 15 is 0 Å². The average Bonchev–Trinajstić information content (AvgIpc) is 3.34. The lowest BCUT2D eigenvalue weighted by molar-refractivity contribution is 0.0199. The first-order valence-electron chi connectivity index (χ1n) is 9.37. The van der Waals surface area contributed by atoms with E-state index in [1.165, 1.54) is 0 Å². The molecule has 0 aliphatic carbocycles. The molecule has 2 amide bonds. The van der Waals surface area contributed by atoms with Crippen molar-refractivity contribution >= 4 is 23.6 Å². The van der Waals surface area contributed by atoms with Gasteiger partial charge in [-0.1, -0.05) is 5.21 Å². The molecule has 4 rings (SSSR count). The third-order valence-electron chi connectivity index (χ3n) is 4.97. The lowest BCUT2D eigenvalue weighted by atomic mass is 10.1. The van der Waals surface area contributed by atoms with Crippen molar-refractivity contribution < 1.29 is 14.3 Å². The van der Waals surface area contributed by atoms with Crippen LogP contribution in [0.4, 0.5) is 4.79 Å². The van der Waals surface area contributed by atoms with Crippen LogP contribution in [0.1, 0.15) is 43.2 Å². The van der Waals surface area contributed by atoms with Gasteiger partial charge in [-0.3, -0.25) is 9.48 Å². The van der Waals surface area contributed by atoms with Gasteiger partial charge in [0, 0.05) is 24.5 Å². The SMILES string of the molecule is CC(C)(C)OC(=O)N1C[C@H](N2Cc3cnc(Cl)nc3C2=O)C[C@H]1Cn1ccnn1. The van der Waals surface area contributed by atoms with Crippen LogP contribution in [0.3, 0.4) is 0 Å². The number of hydrogen-bond donors (Lipinski definition) is 0. The second kappa shape index (κ2) is 7.25. The van der Waals surface area contributed by atoms with Gasteiger partial charge in [0.1, 0.15) is 11.3 Å². The molecule has 2 aliphatic rings. The van der Waals surface area contributed by atoms with Crippen LogP contribution in [0, 0.1) is 0 Å². The fraction of sp³-hybridized carbons (Fsp3) is 0.556. The van der Waals surface area contributed by atoms with Gasteiger partial charge in [-0.05, 0) is 38.8 Å². The number of aromatic nitrogens is 5. The van der Waals surface area contributed by atoms with Crippen molar-refractivity contribution in [3.8, 4) is 0 Å². The molecule has 29 heavy (non-hydrogen) atoms. The molecule has 0 N–H and O–H groups in total. The average molecular weight is 420 g/mol. The van der Waals surface area contributed by atoms with Crippen LogP contribution >= 0.6 is 11.6 Å². The molecule has 0 spiro atoms. The summed E-state index contributed by atoms with van der Waals surface area (Å²) in [5, 5.41) is 7.87. The summed E-state index contributed by atoms with van der Waals surface area (Å²) in [6.07, 6.45) is 5.11. The Hall–Kier alpha value is -2.75. The van der Waals surface area contributed by atoms with E-state index in [4.69, 9.17) is 16.3 Å². The van der Waals surface area contributed by atoms with Crippen molar-refractivity contribution in [2.75, 3.05) is 6.54 Å². The fourth-order valence-electron chi connectivity index (χ4n) is 3.75. The molecule has 154 valence electrons. The van der Waals surface area contributed by atoms with Gasteiger partial charge >= 0.3 is 6.09 Å². The summed E-state index contributed by atoms with van der Waals surface area (Å²) in [5.74, 6) is -0.195. The minimum Gasteiger partial charge on any atom is -0.444 e. The standard InChI is InChI=1S/C18H22ClN7O3/c1-18(2,3)29-17(28)26-10-13(6-12(26)9-24-5-4-21-23-24)25-8-11-7-20-16(19)22-14(11)15(25)27/h4-5,7,12-13H,6,8-10H2,1-3H3/t12-,13+/m0/s1. The number of nitrogens with zero attached hydrogens (tertiary/aromatic N) is 7. The Morgan fingerprint density at radius 2 is 2.17 bits per heavy atom. The maximum absolute atomic E-state index is 12.9. The molecule has 2 aromatic rings. The number of carbonyl (C=O) groups excluding carboxylic acids is 2. The first kappa shape index (κ1) is 19.6. The van der Waals surface area contributed by atoms with Crippen molar-refractivity contribution in [1.29, 1.82) is 0 Å². The van der Waals surface area contributed by atoms with E-state index in [0.29, 0.717) is 31.7 Å². The zero-order valence-electron chi connectivity index (χ0n) is 16.4. The zero-order valence-corrected chi connectivity index (χ0v) is 17.2. The third kappa shape index (κ3) is 4.02. The number of rotatable bonds is 3. The van der Waals surface area contributed by atoms with Crippen molar-refractivity contribution in [3.05, 3.63) is 35.1 Å². The van der Waals surface area contributed by atoms with Gasteiger partial charge in [-0.2, -0.15) is 0 Å². The first-order valence-corrected chi connectivity index (χ1v) is 9.75. The maximum atomic E-state index is 12.9. The molecule has 1 fully saturated rings. The predicted molar refractivity (Wildman–Crippen MR) is 102 cm³/mol. The quantitative estimate of drug-likeness (QED) is 0.697. The Kier molecular flexibility index (Phi) is 4.89. The highest BCUT2D eigenvalue weighted by Gasteiger charge is 2.44. The number of halogens is 1. The van der Waals surface area contributed by atoms with E-state index in [0.717, 1.165) is 5.56 Å². The van der Waals surface area contributed by atoms with Gasteiger partial charge in [0.2, 0.25) is 5.28 Å². The Morgan fingerprint density at radius 3 is 2.86 bits per heavy atom. The number of hydrogen-bond acceptors (Lipinski definition) is 7. The smallest absolute Gasteiger partial charge is 0.410 e. The lowest BCUT2D eigenvalue weighted by Gasteiger charge is -2.28. The number of carbonyl (C=O) groups is 2. The number of fused-ring (bicyclic) bond motifs is 1. The predicted octanol–water partition coefficient (Wildman–Crippen LogP) is 1.76. The molecule has 11 heteroatoms. The number of amides is 2. The van der Waals surface area contributed by atoms with Gasteiger partial charge in [-0.15, -0.1) is 5.10 Å². The topological polar surface area (TPSA) is 106 Å². The van der Waals surface area contributed by atoms with E-state index in [1.54, 1.807) is 33.1 Å². The van der Waals surface area contributed by atoms with Crippen LogP contribution in [-0.4, -0.2) is 71.0 Å². The minimum absolute atomic E-state index is 0.0461. The zero-order chi connectivity index (χ0) is 20.8. The lowest BCUT2D eigenvalue weighted by Crippen LogP contribution is -2.43. The summed E-state index contributed by atoms with van der Waals surface area (Å²) in [5.41, 5.74) is 0.454. The Labute approximate surface area is 172 Å². The number of ether oxygens (including phenoxy) is 1. The number of likely N-dealkylation sites (tertiary alicyclic amines) is 1. The molecule has 2 aromatic heterocycles. The highest BCUT2D eigenvalue weighted by molar-refractivity contribution is 6.28. The van der Waals surface area contributed by atoms with Gasteiger partial charge in [-0.25, -0.2) is 14.8 Å². The molecular weight excluding hydrogens is 398 g/mol. The molecular formula is C18H22ClN7O3. The van der Waals surface area contributed by atoms with Gasteiger partial charge < -0.3 is 14.5 Å². The van der Waals surface area contributed by atoms with E-state index < -0.39 is 11.7 Å². The van der Waals surface area contributed by atoms with Crippen molar-refractivity contribution in [2.24, 2.45) is 0 Å². The highest BCUT2D eigenvalue weighted by atomic mass is 35.5. The Bertz CT molecular complexity index is 928. The van der Waals surface area contributed by atoms with E-state index in [2.05, 4.69) is 20.3 Å². The van der Waals surface area contributed by atoms with E-state index in [1.807, 2.05) is 20.8 Å². The van der Waals surface area contributed by atoms with Crippen LogP contribution in [0.25, 0.3) is 0 Å². The highest BCUT2D eigenvalue weighted by Crippen LogP contribution is 2.31. The summed E-state index contributed by atoms with van der Waals surface area (Å²) in [7, 11) is 0. The fourth-order valence-corrected chi connectivity index (χ4v) is 3.89. The molecule has 0 bridgehead atoms. The van der Waals surface area contributed by atoms with Crippen molar-refractivity contribution in [2.45, 2.75) is 58.0 Å². The summed E-state index contributed by atoms with van der Waals surface area (Å²) in [4.78, 5) is 37.1. The molecule has 4 heterocycles. The van der Waals surface area contributed by atoms with Crippen LogP contribution in [0.2, 0.25) is 5.28 Å². The van der Waals surface area contributed by atoms with Crippen LogP contribution < -0.4 is 0 Å². The monoisotopic (exact) mass is 419 g/mol. The largest absolute Gasteiger partial charge is 0.444 e. The summed E-state index contributed by atoms with van der Waals surface area (Å²) in [6, 6.07) is -0.348. The molecule has 2 atom stereocenters. The molecule has 1 saturated heterocycles. The summed E-state index contributed by atoms with van der Waals surface area (Å²) in [6.45, 7) is 6.72. The molecule has 10 nitrogen and oxygen atoms in total. The van der Waals surface area contributed by atoms with Crippen molar-refractivity contribution in [1.82, 2.24) is 34.8 Å². The van der Waals surface area contributed by atoms with Gasteiger partial charge in [0.05, 0.1) is 31.4 Å². The Morgan fingerprint density at radius 1 is 1.38 bits per heavy atom. The normalized spacial score (nSPS) is 21.6. The van der Waals surface area contributed by atoms with Crippen molar-refractivity contribution in [3.63, 3.8) is 0 Å². The maximum Gasteiger partial charge on any atom is 0.410 e. The first-order chi connectivity index (χ1) is 13.7. The van der Waals surface area contributed by atoms with Crippen LogP contribution in [-0.2, 0) is 17.8 Å². The molecule has 0 unspecified atom stereocenters. The second-order valence-electron chi connectivity index (χ2n) is 8.25. The molecule has 0 aromatic carbocycles. The van der Waals surface area contributed by atoms with Gasteiger partial charge in [0.15, 0.2) is 0 Å². The molecule has 0 saturated carbocycles. The summed E-state index contributed by atoms with van der Waals surface area (Å²) >= 11 is 5.85.